The van der Waals surface area contributed by atoms with E-state index in [9.17, 15) is 9.59 Å². The number of amides is 2. The maximum atomic E-state index is 12.3. The standard InChI is InChI=1S/C19H28N2O3/c1-5-24-19(23)21-8-6-17(7-9-21)20-18(22)12-16-11-14(3)13(2)10-15(16)4/h10-11,17H,5-9,12H2,1-4H3,(H,20,22). The summed E-state index contributed by atoms with van der Waals surface area (Å²) >= 11 is 0. The van der Waals surface area contributed by atoms with Crippen LogP contribution in [-0.4, -0.2) is 42.6 Å². The summed E-state index contributed by atoms with van der Waals surface area (Å²) in [5.41, 5.74) is 4.71. The van der Waals surface area contributed by atoms with Crippen LogP contribution >= 0.6 is 0 Å². The summed E-state index contributed by atoms with van der Waals surface area (Å²) in [4.78, 5) is 25.7. The average Bonchev–Trinajstić information content (AvgIpc) is 2.53. The summed E-state index contributed by atoms with van der Waals surface area (Å²) in [6.07, 6.45) is 1.70. The van der Waals surface area contributed by atoms with Crippen molar-refractivity contribution in [2.24, 2.45) is 0 Å². The number of carbonyl (C=O) groups is 2. The normalized spacial score (nSPS) is 15.2. The fourth-order valence-corrected chi connectivity index (χ4v) is 3.08. The second kappa shape index (κ2) is 8.18. The molecule has 0 spiro atoms. The third-order valence-electron chi connectivity index (χ3n) is 4.69. The molecule has 0 aliphatic carbocycles. The second-order valence-electron chi connectivity index (χ2n) is 6.57. The van der Waals surface area contributed by atoms with Crippen LogP contribution in [0.1, 0.15) is 42.0 Å². The molecule has 24 heavy (non-hydrogen) atoms. The summed E-state index contributed by atoms with van der Waals surface area (Å²) in [6.45, 7) is 9.67. The number of hydrogen-bond donors (Lipinski definition) is 1. The highest BCUT2D eigenvalue weighted by Gasteiger charge is 2.24. The largest absolute Gasteiger partial charge is 0.450 e. The van der Waals surface area contributed by atoms with E-state index in [1.54, 1.807) is 11.8 Å². The Kier molecular flexibility index (Phi) is 6.23. The van der Waals surface area contributed by atoms with Crippen molar-refractivity contribution in [3.8, 4) is 0 Å². The van der Waals surface area contributed by atoms with Crippen LogP contribution in [0.25, 0.3) is 0 Å². The molecule has 2 rings (SSSR count). The van der Waals surface area contributed by atoms with Crippen molar-refractivity contribution in [1.29, 1.82) is 0 Å². The molecule has 0 atom stereocenters. The number of rotatable bonds is 4. The minimum Gasteiger partial charge on any atom is -0.450 e. The second-order valence-corrected chi connectivity index (χ2v) is 6.57. The Labute approximate surface area is 144 Å². The summed E-state index contributed by atoms with van der Waals surface area (Å²) in [6, 6.07) is 4.37. The Morgan fingerprint density at radius 2 is 1.75 bits per heavy atom. The predicted molar refractivity (Wildman–Crippen MR) is 94.1 cm³/mol. The topological polar surface area (TPSA) is 58.6 Å². The number of aryl methyl sites for hydroxylation is 3. The first-order chi connectivity index (χ1) is 11.4. The zero-order valence-corrected chi connectivity index (χ0v) is 15.1. The number of ether oxygens (including phenoxy) is 1. The maximum absolute atomic E-state index is 12.3. The molecule has 5 nitrogen and oxygen atoms in total. The Hall–Kier alpha value is -2.04. The molecule has 0 unspecified atom stereocenters. The lowest BCUT2D eigenvalue weighted by Gasteiger charge is -2.31. The first-order valence-corrected chi connectivity index (χ1v) is 8.68. The Morgan fingerprint density at radius 1 is 1.12 bits per heavy atom. The number of carbonyl (C=O) groups excluding carboxylic acids is 2. The molecule has 0 saturated carbocycles. The monoisotopic (exact) mass is 332 g/mol. The minimum atomic E-state index is -0.256. The smallest absolute Gasteiger partial charge is 0.409 e. The van der Waals surface area contributed by atoms with E-state index in [0.29, 0.717) is 26.1 Å². The van der Waals surface area contributed by atoms with Gasteiger partial charge in [0.2, 0.25) is 5.91 Å². The van der Waals surface area contributed by atoms with E-state index < -0.39 is 0 Å². The van der Waals surface area contributed by atoms with Crippen LogP contribution in [0.4, 0.5) is 4.79 Å². The highest BCUT2D eigenvalue weighted by atomic mass is 16.6. The van der Waals surface area contributed by atoms with E-state index in [-0.39, 0.29) is 18.0 Å². The number of nitrogens with one attached hydrogen (secondary N) is 1. The van der Waals surface area contributed by atoms with Crippen LogP contribution in [0.5, 0.6) is 0 Å². The van der Waals surface area contributed by atoms with Gasteiger partial charge < -0.3 is 15.0 Å². The summed E-state index contributed by atoms with van der Waals surface area (Å²) < 4.78 is 5.01. The summed E-state index contributed by atoms with van der Waals surface area (Å²) in [5, 5.41) is 3.10. The van der Waals surface area contributed by atoms with Gasteiger partial charge in [0.1, 0.15) is 0 Å². The Balaban J connectivity index is 1.84. The van der Waals surface area contributed by atoms with Gasteiger partial charge >= 0.3 is 6.09 Å². The van der Waals surface area contributed by atoms with Crippen LogP contribution in [0.15, 0.2) is 12.1 Å². The van der Waals surface area contributed by atoms with Gasteiger partial charge in [0.25, 0.3) is 0 Å². The minimum absolute atomic E-state index is 0.0518. The van der Waals surface area contributed by atoms with E-state index >= 15 is 0 Å². The molecule has 1 aromatic carbocycles. The van der Waals surface area contributed by atoms with Gasteiger partial charge in [0.15, 0.2) is 0 Å². The molecule has 1 saturated heterocycles. The first-order valence-electron chi connectivity index (χ1n) is 8.68. The lowest BCUT2D eigenvalue weighted by Crippen LogP contribution is -2.47. The van der Waals surface area contributed by atoms with E-state index in [1.165, 1.54) is 11.1 Å². The first kappa shape index (κ1) is 18.3. The molecular formula is C19H28N2O3. The van der Waals surface area contributed by atoms with Crippen LogP contribution < -0.4 is 5.32 Å². The molecule has 1 aliphatic heterocycles. The van der Waals surface area contributed by atoms with E-state index in [2.05, 4.69) is 31.3 Å². The highest BCUT2D eigenvalue weighted by molar-refractivity contribution is 5.79. The molecule has 1 heterocycles. The lowest BCUT2D eigenvalue weighted by molar-refractivity contribution is -0.121. The summed E-state index contributed by atoms with van der Waals surface area (Å²) in [7, 11) is 0. The van der Waals surface area contributed by atoms with Crippen molar-refractivity contribution in [3.63, 3.8) is 0 Å². The van der Waals surface area contributed by atoms with Gasteiger partial charge in [0.05, 0.1) is 13.0 Å². The lowest BCUT2D eigenvalue weighted by atomic mass is 9.98. The fourth-order valence-electron chi connectivity index (χ4n) is 3.08. The molecule has 0 bridgehead atoms. The fraction of sp³-hybridized carbons (Fsp3) is 0.579. The highest BCUT2D eigenvalue weighted by Crippen LogP contribution is 2.17. The van der Waals surface area contributed by atoms with Crippen LogP contribution in [0.3, 0.4) is 0 Å². The van der Waals surface area contributed by atoms with Crippen molar-refractivity contribution in [2.45, 2.75) is 53.0 Å². The molecular weight excluding hydrogens is 304 g/mol. The molecule has 0 radical (unpaired) electrons. The van der Waals surface area contributed by atoms with Crippen molar-refractivity contribution in [1.82, 2.24) is 10.2 Å². The SMILES string of the molecule is CCOC(=O)N1CCC(NC(=O)Cc2cc(C)c(C)cc2C)CC1. The van der Waals surface area contributed by atoms with E-state index in [1.807, 2.05) is 6.92 Å². The molecule has 2 amide bonds. The number of likely N-dealkylation sites (tertiary alicyclic amines) is 1. The third kappa shape index (κ3) is 4.73. The van der Waals surface area contributed by atoms with Crippen LogP contribution in [0, 0.1) is 20.8 Å². The zero-order valence-electron chi connectivity index (χ0n) is 15.1. The van der Waals surface area contributed by atoms with E-state index in [0.717, 1.165) is 24.0 Å². The molecule has 5 heteroatoms. The molecule has 0 aromatic heterocycles. The van der Waals surface area contributed by atoms with Crippen molar-refractivity contribution in [2.75, 3.05) is 19.7 Å². The number of nitrogens with zero attached hydrogens (tertiary/aromatic N) is 1. The Bertz CT molecular complexity index is 605. The quantitative estimate of drug-likeness (QED) is 0.922. The average molecular weight is 332 g/mol. The van der Waals surface area contributed by atoms with Crippen molar-refractivity contribution < 1.29 is 14.3 Å². The Morgan fingerprint density at radius 3 is 2.38 bits per heavy atom. The maximum Gasteiger partial charge on any atom is 0.409 e. The molecule has 1 N–H and O–H groups in total. The third-order valence-corrected chi connectivity index (χ3v) is 4.69. The van der Waals surface area contributed by atoms with Gasteiger partial charge in [-0.1, -0.05) is 12.1 Å². The molecule has 1 aromatic rings. The number of benzene rings is 1. The van der Waals surface area contributed by atoms with Gasteiger partial charge in [0, 0.05) is 19.1 Å². The molecule has 1 fully saturated rings. The van der Waals surface area contributed by atoms with Crippen molar-refractivity contribution in [3.05, 3.63) is 34.4 Å². The summed E-state index contributed by atoms with van der Waals surface area (Å²) in [5.74, 6) is 0.0518. The van der Waals surface area contributed by atoms with Gasteiger partial charge in [-0.2, -0.15) is 0 Å². The zero-order chi connectivity index (χ0) is 17.7. The number of piperidine rings is 1. The molecule has 1 aliphatic rings. The van der Waals surface area contributed by atoms with Crippen molar-refractivity contribution >= 4 is 12.0 Å². The van der Waals surface area contributed by atoms with Gasteiger partial charge in [-0.05, 0) is 62.8 Å². The van der Waals surface area contributed by atoms with Gasteiger partial charge in [-0.3, -0.25) is 4.79 Å². The van der Waals surface area contributed by atoms with Crippen LogP contribution in [-0.2, 0) is 16.0 Å². The van der Waals surface area contributed by atoms with Gasteiger partial charge in [-0.15, -0.1) is 0 Å². The van der Waals surface area contributed by atoms with Crippen LogP contribution in [0.2, 0.25) is 0 Å². The number of hydrogen-bond acceptors (Lipinski definition) is 3. The predicted octanol–water partition coefficient (Wildman–Crippen LogP) is 2.89. The molecule has 132 valence electrons. The van der Waals surface area contributed by atoms with Gasteiger partial charge in [-0.25, -0.2) is 4.79 Å². The van der Waals surface area contributed by atoms with E-state index in [4.69, 9.17) is 4.74 Å².